The zero-order valence-electron chi connectivity index (χ0n) is 9.94. The Hall–Kier alpha value is -1.34. The summed E-state index contributed by atoms with van der Waals surface area (Å²) in [4.78, 5) is 0. The number of hydrogen-bond acceptors (Lipinski definition) is 3. The third-order valence-corrected chi connectivity index (χ3v) is 4.03. The summed E-state index contributed by atoms with van der Waals surface area (Å²) in [5, 5.41) is 0. The summed E-state index contributed by atoms with van der Waals surface area (Å²) in [7, 11) is -2.39. The Bertz CT molecular complexity index is 482. The Morgan fingerprint density at radius 1 is 1.41 bits per heavy atom. The van der Waals surface area contributed by atoms with E-state index < -0.39 is 16.0 Å². The van der Waals surface area contributed by atoms with Crippen LogP contribution in [0.25, 0.3) is 0 Å². The number of halogens is 1. The molecule has 5 nitrogen and oxygen atoms in total. The summed E-state index contributed by atoms with van der Waals surface area (Å²) in [6.07, 6.45) is 0. The maximum Gasteiger partial charge on any atom is 0.301 e. The third-order valence-electron chi connectivity index (χ3n) is 2.38. The summed E-state index contributed by atoms with van der Waals surface area (Å²) in [5.74, 6) is -0.703. The number of rotatable bonds is 4. The smallest absolute Gasteiger partial charge is 0.301 e. The molecule has 1 aromatic carbocycles. The van der Waals surface area contributed by atoms with Crippen LogP contribution >= 0.6 is 0 Å². The second kappa shape index (κ2) is 4.89. The Labute approximate surface area is 101 Å². The van der Waals surface area contributed by atoms with E-state index in [-0.39, 0.29) is 17.4 Å². The predicted molar refractivity (Wildman–Crippen MR) is 66.3 cm³/mol. The molecule has 3 N–H and O–H groups in total. The first-order chi connectivity index (χ1) is 7.75. The van der Waals surface area contributed by atoms with Gasteiger partial charge in [0, 0.05) is 13.1 Å². The van der Waals surface area contributed by atoms with Crippen LogP contribution in [0.15, 0.2) is 18.2 Å². The van der Waals surface area contributed by atoms with E-state index >= 15 is 0 Å². The standard InChI is InChI=1S/C10H16FN3O2S/c1-7(2)14(3)17(15,16)13-10-8(11)5-4-6-9(10)12/h4-7,13H,12H2,1-3H3. The number of para-hydroxylation sites is 1. The van der Waals surface area contributed by atoms with E-state index in [1.165, 1.54) is 19.2 Å². The first-order valence-corrected chi connectivity index (χ1v) is 6.49. The highest BCUT2D eigenvalue weighted by molar-refractivity contribution is 7.90. The highest BCUT2D eigenvalue weighted by atomic mass is 32.2. The van der Waals surface area contributed by atoms with Crippen molar-refractivity contribution in [1.82, 2.24) is 4.31 Å². The van der Waals surface area contributed by atoms with Gasteiger partial charge < -0.3 is 5.73 Å². The number of nitrogens with one attached hydrogen (secondary N) is 1. The van der Waals surface area contributed by atoms with E-state index in [9.17, 15) is 12.8 Å². The molecule has 0 amide bonds. The van der Waals surface area contributed by atoms with Crippen LogP contribution in [0.5, 0.6) is 0 Å². The Balaban J connectivity index is 3.07. The highest BCUT2D eigenvalue weighted by Gasteiger charge is 2.22. The Morgan fingerprint density at radius 3 is 2.47 bits per heavy atom. The average molecular weight is 261 g/mol. The van der Waals surface area contributed by atoms with Crippen molar-refractivity contribution in [3.8, 4) is 0 Å². The molecule has 0 aromatic heterocycles. The van der Waals surface area contributed by atoms with Gasteiger partial charge in [-0.15, -0.1) is 0 Å². The van der Waals surface area contributed by atoms with E-state index in [2.05, 4.69) is 4.72 Å². The topological polar surface area (TPSA) is 75.4 Å². The number of anilines is 2. The quantitative estimate of drug-likeness (QED) is 0.804. The molecule has 0 saturated heterocycles. The van der Waals surface area contributed by atoms with Crippen LogP contribution < -0.4 is 10.5 Å². The van der Waals surface area contributed by atoms with Crippen LogP contribution in [-0.4, -0.2) is 25.8 Å². The molecule has 0 aliphatic heterocycles. The lowest BCUT2D eigenvalue weighted by molar-refractivity contribution is 0.414. The predicted octanol–water partition coefficient (Wildman–Crippen LogP) is 1.40. The number of nitrogen functional groups attached to an aromatic ring is 1. The van der Waals surface area contributed by atoms with Crippen LogP contribution in [0.1, 0.15) is 13.8 Å². The molecule has 7 heteroatoms. The molecule has 17 heavy (non-hydrogen) atoms. The monoisotopic (exact) mass is 261 g/mol. The largest absolute Gasteiger partial charge is 0.397 e. The molecule has 0 aliphatic carbocycles. The van der Waals surface area contributed by atoms with E-state index in [1.54, 1.807) is 13.8 Å². The maximum absolute atomic E-state index is 13.4. The van der Waals surface area contributed by atoms with Gasteiger partial charge in [-0.3, -0.25) is 4.72 Å². The van der Waals surface area contributed by atoms with Gasteiger partial charge in [0.2, 0.25) is 0 Å². The van der Waals surface area contributed by atoms with Gasteiger partial charge in [0.1, 0.15) is 11.5 Å². The number of benzene rings is 1. The van der Waals surface area contributed by atoms with Crippen LogP contribution in [0.4, 0.5) is 15.8 Å². The van der Waals surface area contributed by atoms with Gasteiger partial charge >= 0.3 is 10.2 Å². The molecule has 0 fully saturated rings. The Morgan fingerprint density at radius 2 is 2.00 bits per heavy atom. The molecule has 0 heterocycles. The first-order valence-electron chi connectivity index (χ1n) is 5.05. The van der Waals surface area contributed by atoms with Crippen molar-refractivity contribution < 1.29 is 12.8 Å². The summed E-state index contributed by atoms with van der Waals surface area (Å²) < 4.78 is 40.3. The van der Waals surface area contributed by atoms with Gasteiger partial charge in [-0.05, 0) is 26.0 Å². The molecule has 1 rings (SSSR count). The minimum absolute atomic E-state index is 0.0470. The summed E-state index contributed by atoms with van der Waals surface area (Å²) in [6.45, 7) is 3.42. The lowest BCUT2D eigenvalue weighted by Gasteiger charge is -2.22. The number of nitrogens with two attached hydrogens (primary N) is 1. The fourth-order valence-corrected chi connectivity index (χ4v) is 2.30. The fourth-order valence-electron chi connectivity index (χ4n) is 1.13. The molecular weight excluding hydrogens is 245 g/mol. The van der Waals surface area contributed by atoms with Crippen molar-refractivity contribution in [3.05, 3.63) is 24.0 Å². The van der Waals surface area contributed by atoms with Crippen molar-refractivity contribution in [1.29, 1.82) is 0 Å². The summed E-state index contributed by atoms with van der Waals surface area (Å²) >= 11 is 0. The molecule has 0 spiro atoms. The van der Waals surface area contributed by atoms with Gasteiger partial charge in [-0.25, -0.2) is 4.39 Å². The molecule has 0 radical (unpaired) electrons. The molecule has 0 atom stereocenters. The number of hydrogen-bond donors (Lipinski definition) is 2. The van der Waals surface area contributed by atoms with Crippen molar-refractivity contribution in [3.63, 3.8) is 0 Å². The molecule has 0 unspecified atom stereocenters. The van der Waals surface area contributed by atoms with Crippen molar-refractivity contribution >= 4 is 21.6 Å². The maximum atomic E-state index is 13.4. The molecule has 0 bridgehead atoms. The second-order valence-electron chi connectivity index (χ2n) is 3.92. The van der Waals surface area contributed by atoms with E-state index in [0.29, 0.717) is 0 Å². The molecule has 0 saturated carbocycles. The first kappa shape index (κ1) is 13.7. The summed E-state index contributed by atoms with van der Waals surface area (Å²) in [5.41, 5.74) is 5.34. The average Bonchev–Trinajstić information content (AvgIpc) is 2.22. The van der Waals surface area contributed by atoms with E-state index in [1.807, 2.05) is 0 Å². The lowest BCUT2D eigenvalue weighted by Crippen LogP contribution is -2.37. The summed E-state index contributed by atoms with van der Waals surface area (Å²) in [6, 6.07) is 3.75. The van der Waals surface area contributed by atoms with Crippen LogP contribution in [-0.2, 0) is 10.2 Å². The molecular formula is C10H16FN3O2S. The second-order valence-corrected chi connectivity index (χ2v) is 5.65. The van der Waals surface area contributed by atoms with Crippen molar-refractivity contribution in [2.75, 3.05) is 17.5 Å². The van der Waals surface area contributed by atoms with Gasteiger partial charge in [0.25, 0.3) is 0 Å². The van der Waals surface area contributed by atoms with Crippen LogP contribution in [0, 0.1) is 5.82 Å². The minimum Gasteiger partial charge on any atom is -0.397 e. The third kappa shape index (κ3) is 3.07. The highest BCUT2D eigenvalue weighted by Crippen LogP contribution is 2.23. The normalized spacial score (nSPS) is 12.1. The fraction of sp³-hybridized carbons (Fsp3) is 0.400. The van der Waals surface area contributed by atoms with Crippen molar-refractivity contribution in [2.24, 2.45) is 0 Å². The Kier molecular flexibility index (Phi) is 3.94. The molecule has 1 aromatic rings. The van der Waals surface area contributed by atoms with Gasteiger partial charge in [-0.2, -0.15) is 12.7 Å². The van der Waals surface area contributed by atoms with Gasteiger partial charge in [0.05, 0.1) is 5.69 Å². The van der Waals surface area contributed by atoms with Crippen LogP contribution in [0.2, 0.25) is 0 Å². The number of nitrogens with zero attached hydrogens (tertiary/aromatic N) is 1. The minimum atomic E-state index is -3.79. The van der Waals surface area contributed by atoms with E-state index in [4.69, 9.17) is 5.73 Å². The molecule has 96 valence electrons. The van der Waals surface area contributed by atoms with Gasteiger partial charge in [-0.1, -0.05) is 6.07 Å². The lowest BCUT2D eigenvalue weighted by atomic mass is 10.3. The molecule has 0 aliphatic rings. The van der Waals surface area contributed by atoms with E-state index in [0.717, 1.165) is 10.4 Å². The van der Waals surface area contributed by atoms with Crippen LogP contribution in [0.3, 0.4) is 0 Å². The zero-order chi connectivity index (χ0) is 13.2. The van der Waals surface area contributed by atoms with Crippen molar-refractivity contribution in [2.45, 2.75) is 19.9 Å². The SMILES string of the molecule is CC(C)N(C)S(=O)(=O)Nc1c(N)cccc1F. The van der Waals surface area contributed by atoms with Gasteiger partial charge in [0.15, 0.2) is 0 Å². The zero-order valence-corrected chi connectivity index (χ0v) is 10.8.